The Morgan fingerprint density at radius 3 is 1.50 bits per heavy atom. The van der Waals surface area contributed by atoms with Crippen LogP contribution in [0, 0.1) is 0 Å². The molecule has 2 aromatic carbocycles. The van der Waals surface area contributed by atoms with E-state index in [1.807, 2.05) is 0 Å². The number of carbonyl (C=O) groups excluding carboxylic acids is 2. The molecule has 0 aliphatic carbocycles. The van der Waals surface area contributed by atoms with Crippen LogP contribution in [0.1, 0.15) is 136 Å². The molecular formula is C40H66O5S. The van der Waals surface area contributed by atoms with E-state index in [-0.39, 0.29) is 21.7 Å². The lowest BCUT2D eigenvalue weighted by Gasteiger charge is -2.28. The number of phenols is 1. The van der Waals surface area contributed by atoms with Crippen molar-refractivity contribution in [3.8, 4) is 5.75 Å². The minimum atomic E-state index is -0.0200. The minimum Gasteiger partial charge on any atom is -0.507 e. The lowest BCUT2D eigenvalue weighted by atomic mass is 9.78. The summed E-state index contributed by atoms with van der Waals surface area (Å²) >= 11 is 1.71. The van der Waals surface area contributed by atoms with Gasteiger partial charge in [0, 0.05) is 25.0 Å². The van der Waals surface area contributed by atoms with Crippen LogP contribution < -0.4 is 0 Å². The summed E-state index contributed by atoms with van der Waals surface area (Å²) in [6, 6.07) is 11.2. The summed E-state index contributed by atoms with van der Waals surface area (Å²) < 4.78 is 9.29. The fourth-order valence-electron chi connectivity index (χ4n) is 4.60. The van der Waals surface area contributed by atoms with E-state index in [9.17, 15) is 14.7 Å². The van der Waals surface area contributed by atoms with E-state index in [1.165, 1.54) is 22.3 Å². The molecule has 0 aromatic heterocycles. The SMILES string of the molecule is CC(C)(C)c1cc(CCC=O)cc(C(C)(C)C)c1.CCCc1cc(C(C)(C)C)c(O)c(C(C)(C)C)c1.COCCSCCOC=O. The number of thioether (sulfide) groups is 1. The molecule has 0 fully saturated rings. The van der Waals surface area contributed by atoms with Gasteiger partial charge in [-0.05, 0) is 67.9 Å². The number of aldehydes is 1. The van der Waals surface area contributed by atoms with Gasteiger partial charge in [-0.2, -0.15) is 11.8 Å². The summed E-state index contributed by atoms with van der Waals surface area (Å²) in [5, 5.41) is 10.6. The molecule has 2 aromatic rings. The van der Waals surface area contributed by atoms with Gasteiger partial charge in [0.15, 0.2) is 0 Å². The molecule has 0 heterocycles. The van der Waals surface area contributed by atoms with Crippen molar-refractivity contribution in [3.05, 3.63) is 63.7 Å². The average Bonchev–Trinajstić information content (AvgIpc) is 2.93. The van der Waals surface area contributed by atoms with Crippen LogP contribution in [0.15, 0.2) is 30.3 Å². The molecule has 6 heteroatoms. The van der Waals surface area contributed by atoms with Crippen molar-refractivity contribution in [2.75, 3.05) is 31.8 Å². The van der Waals surface area contributed by atoms with Crippen LogP contribution >= 0.6 is 11.8 Å². The molecule has 0 aliphatic heterocycles. The first kappa shape index (κ1) is 43.7. The largest absolute Gasteiger partial charge is 0.507 e. The van der Waals surface area contributed by atoms with Crippen molar-refractivity contribution in [2.45, 2.75) is 137 Å². The Labute approximate surface area is 286 Å². The monoisotopic (exact) mass is 658 g/mol. The van der Waals surface area contributed by atoms with Crippen molar-refractivity contribution in [1.82, 2.24) is 0 Å². The van der Waals surface area contributed by atoms with Gasteiger partial charge in [-0.1, -0.05) is 127 Å². The Balaban J connectivity index is 0.000000691. The smallest absolute Gasteiger partial charge is 0.293 e. The second-order valence-electron chi connectivity index (χ2n) is 16.0. The maximum Gasteiger partial charge on any atom is 0.293 e. The molecule has 0 aliphatic rings. The third-order valence-electron chi connectivity index (χ3n) is 7.45. The third kappa shape index (κ3) is 17.0. The van der Waals surface area contributed by atoms with E-state index >= 15 is 0 Å². The van der Waals surface area contributed by atoms with Gasteiger partial charge in [-0.3, -0.25) is 4.79 Å². The number of benzene rings is 2. The predicted octanol–water partition coefficient (Wildman–Crippen LogP) is 9.89. The molecule has 0 saturated heterocycles. The van der Waals surface area contributed by atoms with Gasteiger partial charge >= 0.3 is 0 Å². The fraction of sp³-hybridized carbons (Fsp3) is 0.650. The lowest BCUT2D eigenvalue weighted by molar-refractivity contribution is -0.128. The molecule has 0 spiro atoms. The second kappa shape index (κ2) is 20.1. The predicted molar refractivity (Wildman–Crippen MR) is 199 cm³/mol. The highest BCUT2D eigenvalue weighted by atomic mass is 32.2. The molecule has 46 heavy (non-hydrogen) atoms. The summed E-state index contributed by atoms with van der Waals surface area (Å²) in [4.78, 5) is 20.2. The topological polar surface area (TPSA) is 72.8 Å². The highest BCUT2D eigenvalue weighted by Gasteiger charge is 2.26. The number of aryl methyl sites for hydroxylation is 2. The first-order valence-electron chi connectivity index (χ1n) is 16.7. The number of rotatable bonds is 12. The van der Waals surface area contributed by atoms with Gasteiger partial charge in [0.25, 0.3) is 6.47 Å². The van der Waals surface area contributed by atoms with Gasteiger partial charge in [-0.15, -0.1) is 0 Å². The summed E-state index contributed by atoms with van der Waals surface area (Å²) in [6.07, 6.45) is 4.67. The Hall–Kier alpha value is -2.31. The molecule has 0 unspecified atom stereocenters. The lowest BCUT2D eigenvalue weighted by Crippen LogP contribution is -2.17. The summed E-state index contributed by atoms with van der Waals surface area (Å²) in [7, 11) is 1.67. The first-order chi connectivity index (χ1) is 21.1. The van der Waals surface area contributed by atoms with Gasteiger partial charge in [0.2, 0.25) is 0 Å². The zero-order valence-corrected chi connectivity index (χ0v) is 32.5. The number of methoxy groups -OCH3 is 1. The molecule has 0 atom stereocenters. The first-order valence-corrected chi connectivity index (χ1v) is 17.9. The molecule has 0 bridgehead atoms. The maximum absolute atomic E-state index is 10.6. The molecule has 1 N–H and O–H groups in total. The number of hydrogen-bond donors (Lipinski definition) is 1. The van der Waals surface area contributed by atoms with E-state index in [0.717, 1.165) is 54.8 Å². The minimum absolute atomic E-state index is 0.0200. The number of hydrogen-bond acceptors (Lipinski definition) is 6. The molecular weight excluding hydrogens is 593 g/mol. The van der Waals surface area contributed by atoms with Crippen LogP contribution in [0.25, 0.3) is 0 Å². The van der Waals surface area contributed by atoms with Crippen LogP contribution in [0.5, 0.6) is 5.75 Å². The van der Waals surface area contributed by atoms with Crippen LogP contribution in [0.4, 0.5) is 0 Å². The highest BCUT2D eigenvalue weighted by Crippen LogP contribution is 2.40. The van der Waals surface area contributed by atoms with Crippen LogP contribution in [-0.4, -0.2) is 49.7 Å². The zero-order valence-electron chi connectivity index (χ0n) is 31.7. The normalized spacial score (nSPS) is 12.0. The number of phenolic OH excluding ortho intramolecular Hbond substituents is 1. The van der Waals surface area contributed by atoms with Crippen molar-refractivity contribution >= 4 is 24.5 Å². The molecule has 262 valence electrons. The second-order valence-corrected chi connectivity index (χ2v) is 17.2. The molecule has 2 rings (SSSR count). The molecule has 0 radical (unpaired) electrons. The Bertz CT molecular complexity index is 1110. The zero-order chi connectivity index (χ0) is 35.8. The van der Waals surface area contributed by atoms with Crippen molar-refractivity contribution < 1.29 is 24.2 Å². The van der Waals surface area contributed by atoms with Gasteiger partial charge < -0.3 is 19.4 Å². The molecule has 5 nitrogen and oxygen atoms in total. The third-order valence-corrected chi connectivity index (χ3v) is 8.36. The molecule has 0 saturated carbocycles. The van der Waals surface area contributed by atoms with E-state index in [4.69, 9.17) is 4.74 Å². The standard InChI is InChI=1S/C17H26O.C17H28O.C6H12O3S/c1-16(2,3)14-10-13(8-7-9-18)11-15(12-14)17(4,5)6;1-8-9-12-10-13(16(2,3)4)15(18)14(11-12)17(5,6)7;1-8-2-4-10-5-3-9-6-7/h9-12H,7-8H2,1-6H3;10-11,18H,8-9H2,1-7H3;6H,2-5H2,1H3. The van der Waals surface area contributed by atoms with Gasteiger partial charge in [0.05, 0.1) is 6.61 Å². The van der Waals surface area contributed by atoms with Crippen LogP contribution in [-0.2, 0) is 53.6 Å². The summed E-state index contributed by atoms with van der Waals surface area (Å²) in [6.45, 7) is 30.3. The Morgan fingerprint density at radius 2 is 1.13 bits per heavy atom. The van der Waals surface area contributed by atoms with Crippen LogP contribution in [0.2, 0.25) is 0 Å². The quantitative estimate of drug-likeness (QED) is 0.181. The average molecular weight is 659 g/mol. The maximum atomic E-state index is 10.6. The highest BCUT2D eigenvalue weighted by molar-refractivity contribution is 7.99. The van der Waals surface area contributed by atoms with Crippen molar-refractivity contribution in [2.24, 2.45) is 0 Å². The Kier molecular flexibility index (Phi) is 19.1. The number of aromatic hydroxyl groups is 1. The fourth-order valence-corrected chi connectivity index (χ4v) is 5.30. The summed E-state index contributed by atoms with van der Waals surface area (Å²) in [5.74, 6) is 2.29. The van der Waals surface area contributed by atoms with E-state index in [2.05, 4.69) is 125 Å². The van der Waals surface area contributed by atoms with E-state index in [0.29, 0.717) is 25.2 Å². The van der Waals surface area contributed by atoms with Crippen molar-refractivity contribution in [1.29, 1.82) is 0 Å². The van der Waals surface area contributed by atoms with Crippen LogP contribution in [0.3, 0.4) is 0 Å². The number of ether oxygens (including phenoxy) is 2. The van der Waals surface area contributed by atoms with Gasteiger partial charge in [0.1, 0.15) is 18.6 Å². The van der Waals surface area contributed by atoms with Gasteiger partial charge in [-0.25, -0.2) is 0 Å². The van der Waals surface area contributed by atoms with E-state index < -0.39 is 0 Å². The Morgan fingerprint density at radius 1 is 0.674 bits per heavy atom. The number of carbonyl (C=O) groups is 2. The van der Waals surface area contributed by atoms with Crippen molar-refractivity contribution in [3.63, 3.8) is 0 Å². The summed E-state index contributed by atoms with van der Waals surface area (Å²) in [5.41, 5.74) is 7.73. The van der Waals surface area contributed by atoms with E-state index in [1.54, 1.807) is 18.9 Å². The molecule has 0 amide bonds.